The van der Waals surface area contributed by atoms with Crippen LogP contribution in [0.5, 0.6) is 5.75 Å². The van der Waals surface area contributed by atoms with Gasteiger partial charge in [0, 0.05) is 46.9 Å². The molecule has 0 aliphatic carbocycles. The van der Waals surface area contributed by atoms with Crippen LogP contribution in [0.4, 0.5) is 5.13 Å². The van der Waals surface area contributed by atoms with E-state index in [0.29, 0.717) is 51.6 Å². The van der Waals surface area contributed by atoms with Crippen molar-refractivity contribution in [1.82, 2.24) is 19.9 Å². The Hall–Kier alpha value is -3.28. The van der Waals surface area contributed by atoms with Crippen molar-refractivity contribution in [1.29, 1.82) is 0 Å². The predicted octanol–water partition coefficient (Wildman–Crippen LogP) is 5.38. The maximum absolute atomic E-state index is 13.3. The predicted molar refractivity (Wildman–Crippen MR) is 139 cm³/mol. The average molecular weight is 589 g/mol. The normalized spacial score (nSPS) is 12.8. The molecule has 5 heterocycles. The zero-order chi connectivity index (χ0) is 25.4. The van der Waals surface area contributed by atoms with Gasteiger partial charge in [0.2, 0.25) is 0 Å². The summed E-state index contributed by atoms with van der Waals surface area (Å²) in [5.74, 6) is 0.198. The molecule has 184 valence electrons. The molecule has 2 amide bonds. The van der Waals surface area contributed by atoms with Gasteiger partial charge >= 0.3 is 0 Å². The quantitative estimate of drug-likeness (QED) is 0.312. The Morgan fingerprint density at radius 2 is 2.06 bits per heavy atom. The molecular weight excluding hydrogens is 570 g/mol. The number of nitrogens with zero attached hydrogens (tertiary/aromatic N) is 4. The summed E-state index contributed by atoms with van der Waals surface area (Å²) in [4.78, 5) is 41.7. The minimum absolute atomic E-state index is 0.189. The molecule has 4 aromatic rings. The van der Waals surface area contributed by atoms with Gasteiger partial charge in [0.15, 0.2) is 10.9 Å². The van der Waals surface area contributed by atoms with E-state index in [1.807, 2.05) is 6.92 Å². The van der Waals surface area contributed by atoms with Gasteiger partial charge in [-0.1, -0.05) is 22.9 Å². The van der Waals surface area contributed by atoms with Crippen LogP contribution in [0.3, 0.4) is 0 Å². The number of thiazole rings is 1. The number of ether oxygens (including phenoxy) is 1. The van der Waals surface area contributed by atoms with Crippen molar-refractivity contribution in [2.45, 2.75) is 19.9 Å². The van der Waals surface area contributed by atoms with E-state index in [1.165, 1.54) is 37.1 Å². The van der Waals surface area contributed by atoms with Crippen molar-refractivity contribution in [3.63, 3.8) is 0 Å². The molecule has 0 bridgehead atoms. The molecule has 5 rings (SSSR count). The number of carbonyl (C=O) groups is 2. The minimum Gasteiger partial charge on any atom is -0.494 e. The van der Waals surface area contributed by atoms with E-state index in [4.69, 9.17) is 20.8 Å². The summed E-state index contributed by atoms with van der Waals surface area (Å²) in [6, 6.07) is 5.10. The molecule has 0 fully saturated rings. The highest BCUT2D eigenvalue weighted by molar-refractivity contribution is 9.10. The van der Waals surface area contributed by atoms with Crippen molar-refractivity contribution in [3.8, 4) is 16.9 Å². The van der Waals surface area contributed by atoms with Crippen LogP contribution in [-0.2, 0) is 13.0 Å². The lowest BCUT2D eigenvalue weighted by Crippen LogP contribution is -2.35. The van der Waals surface area contributed by atoms with E-state index in [0.717, 1.165) is 16.3 Å². The molecule has 1 aliphatic heterocycles. The number of nitrogens with one attached hydrogen (secondary N) is 1. The van der Waals surface area contributed by atoms with Gasteiger partial charge in [-0.25, -0.2) is 9.97 Å². The van der Waals surface area contributed by atoms with Gasteiger partial charge in [0.1, 0.15) is 17.2 Å². The molecule has 4 aromatic heterocycles. The van der Waals surface area contributed by atoms with E-state index in [1.54, 1.807) is 23.1 Å². The van der Waals surface area contributed by atoms with Gasteiger partial charge in [-0.2, -0.15) is 0 Å². The number of anilines is 1. The number of pyridine rings is 2. The molecule has 1 aliphatic rings. The first-order valence-electron chi connectivity index (χ1n) is 10.8. The molecule has 9 nitrogen and oxygen atoms in total. The fourth-order valence-corrected chi connectivity index (χ4v) is 5.40. The highest BCUT2D eigenvalue weighted by Gasteiger charge is 2.27. The average Bonchev–Trinajstić information content (AvgIpc) is 3.48. The van der Waals surface area contributed by atoms with Gasteiger partial charge in [-0.3, -0.25) is 19.9 Å². The van der Waals surface area contributed by atoms with Crippen LogP contribution in [0.25, 0.3) is 11.1 Å². The third kappa shape index (κ3) is 4.86. The Labute approximate surface area is 223 Å². The molecular formula is C24H19BrClN5O4S. The van der Waals surface area contributed by atoms with Crippen LogP contribution in [0.2, 0.25) is 5.15 Å². The Balaban J connectivity index is 1.38. The molecule has 0 spiro atoms. The van der Waals surface area contributed by atoms with Crippen molar-refractivity contribution in [2.24, 2.45) is 0 Å². The molecule has 1 N–H and O–H groups in total. The number of aromatic nitrogens is 3. The van der Waals surface area contributed by atoms with Gasteiger partial charge in [-0.15, -0.1) is 0 Å². The SMILES string of the molecule is COc1cnc(Cl)cc1-c1cc(C)ncc1C(=O)Nc1nc2c(s1)CN(C(=O)c1cc(Br)co1)CC2. The standard InChI is InChI=1S/C24H19BrClN5O4S/c1-12-5-14(15-7-21(26)28-9-19(15)34-2)16(8-27-12)22(32)30-24-29-17-3-4-31(10-20(17)36-24)23(33)18-6-13(25)11-35-18/h5-9,11H,3-4,10H2,1-2H3,(H,29,30,32). The van der Waals surface area contributed by atoms with Crippen molar-refractivity contribution >= 4 is 55.8 Å². The lowest BCUT2D eigenvalue weighted by Gasteiger charge is -2.25. The maximum atomic E-state index is 13.3. The molecule has 0 saturated carbocycles. The maximum Gasteiger partial charge on any atom is 0.289 e. The number of furan rings is 1. The summed E-state index contributed by atoms with van der Waals surface area (Å²) in [7, 11) is 1.53. The number of amides is 2. The number of hydrogen-bond donors (Lipinski definition) is 1. The molecule has 0 atom stereocenters. The molecule has 0 unspecified atom stereocenters. The Morgan fingerprint density at radius 1 is 1.22 bits per heavy atom. The highest BCUT2D eigenvalue weighted by atomic mass is 79.9. The van der Waals surface area contributed by atoms with Crippen molar-refractivity contribution in [3.05, 3.63) is 74.1 Å². The van der Waals surface area contributed by atoms with Crippen LogP contribution in [-0.4, -0.2) is 45.3 Å². The second-order valence-corrected chi connectivity index (χ2v) is 10.4. The zero-order valence-electron chi connectivity index (χ0n) is 19.2. The van der Waals surface area contributed by atoms with Gasteiger partial charge in [0.25, 0.3) is 11.8 Å². The number of hydrogen-bond acceptors (Lipinski definition) is 8. The molecule has 36 heavy (non-hydrogen) atoms. The summed E-state index contributed by atoms with van der Waals surface area (Å²) in [6.45, 7) is 2.74. The molecule has 0 radical (unpaired) electrons. The minimum atomic E-state index is -0.369. The number of aryl methyl sites for hydroxylation is 1. The van der Waals surface area contributed by atoms with E-state index in [-0.39, 0.29) is 22.7 Å². The van der Waals surface area contributed by atoms with Crippen LogP contribution in [0.1, 0.15) is 37.2 Å². The van der Waals surface area contributed by atoms with Gasteiger partial charge < -0.3 is 14.1 Å². The summed E-state index contributed by atoms with van der Waals surface area (Å²) in [6.07, 6.45) is 5.09. The first kappa shape index (κ1) is 24.4. The van der Waals surface area contributed by atoms with Crippen LogP contribution in [0, 0.1) is 6.92 Å². The van der Waals surface area contributed by atoms with E-state index in [2.05, 4.69) is 36.2 Å². The van der Waals surface area contributed by atoms with E-state index in [9.17, 15) is 9.59 Å². The fraction of sp³-hybridized carbons (Fsp3) is 0.208. The number of halogens is 2. The van der Waals surface area contributed by atoms with E-state index < -0.39 is 0 Å². The first-order chi connectivity index (χ1) is 17.3. The number of methoxy groups -OCH3 is 1. The third-order valence-electron chi connectivity index (χ3n) is 5.65. The monoisotopic (exact) mass is 587 g/mol. The van der Waals surface area contributed by atoms with Crippen molar-refractivity contribution < 1.29 is 18.7 Å². The van der Waals surface area contributed by atoms with Crippen LogP contribution >= 0.6 is 38.9 Å². The van der Waals surface area contributed by atoms with Gasteiger partial charge in [0.05, 0.1) is 35.6 Å². The first-order valence-corrected chi connectivity index (χ1v) is 12.8. The highest BCUT2D eigenvalue weighted by Crippen LogP contribution is 2.35. The Morgan fingerprint density at radius 3 is 2.81 bits per heavy atom. The second-order valence-electron chi connectivity index (χ2n) is 8.03. The molecule has 12 heteroatoms. The summed E-state index contributed by atoms with van der Waals surface area (Å²) < 4.78 is 11.5. The number of rotatable bonds is 5. The summed E-state index contributed by atoms with van der Waals surface area (Å²) in [5.41, 5.74) is 3.18. The van der Waals surface area contributed by atoms with E-state index >= 15 is 0 Å². The Bertz CT molecular complexity index is 1490. The zero-order valence-corrected chi connectivity index (χ0v) is 22.3. The smallest absolute Gasteiger partial charge is 0.289 e. The second kappa shape index (κ2) is 10.00. The largest absolute Gasteiger partial charge is 0.494 e. The molecule has 0 aromatic carbocycles. The van der Waals surface area contributed by atoms with Crippen molar-refractivity contribution in [2.75, 3.05) is 19.0 Å². The number of fused-ring (bicyclic) bond motifs is 1. The lowest BCUT2D eigenvalue weighted by molar-refractivity contribution is 0.0704. The number of carbonyl (C=O) groups excluding carboxylic acids is 2. The van der Waals surface area contributed by atoms with Gasteiger partial charge in [-0.05, 0) is 35.0 Å². The van der Waals surface area contributed by atoms with Crippen LogP contribution in [0.15, 0.2) is 45.7 Å². The lowest BCUT2D eigenvalue weighted by atomic mass is 10.0. The summed E-state index contributed by atoms with van der Waals surface area (Å²) in [5, 5.41) is 3.62. The Kier molecular flexibility index (Phi) is 6.78. The van der Waals surface area contributed by atoms with Crippen LogP contribution < -0.4 is 10.1 Å². The topological polar surface area (TPSA) is 110 Å². The summed E-state index contributed by atoms with van der Waals surface area (Å²) >= 11 is 10.8. The molecule has 0 saturated heterocycles. The fourth-order valence-electron chi connectivity index (χ4n) is 3.92. The third-order valence-corrected chi connectivity index (χ3v) is 7.27.